The molecule has 0 aliphatic carbocycles. The van der Waals surface area contributed by atoms with Crippen molar-refractivity contribution in [3.05, 3.63) is 53.9 Å². The number of sulfonamides is 1. The van der Waals surface area contributed by atoms with Crippen LogP contribution in [-0.4, -0.2) is 31.5 Å². The van der Waals surface area contributed by atoms with E-state index in [2.05, 4.69) is 19.4 Å². The molecule has 0 saturated carbocycles. The third kappa shape index (κ3) is 2.95. The summed E-state index contributed by atoms with van der Waals surface area (Å²) in [6, 6.07) is 10.8. The van der Waals surface area contributed by atoms with Crippen molar-refractivity contribution in [1.29, 1.82) is 0 Å². The minimum absolute atomic E-state index is 0.0679. The van der Waals surface area contributed by atoms with Crippen LogP contribution in [0.3, 0.4) is 0 Å². The zero-order valence-electron chi connectivity index (χ0n) is 13.0. The van der Waals surface area contributed by atoms with E-state index in [0.29, 0.717) is 16.9 Å². The van der Waals surface area contributed by atoms with Gasteiger partial charge in [-0.05, 0) is 37.3 Å². The van der Waals surface area contributed by atoms with Gasteiger partial charge in [0.25, 0.3) is 10.0 Å². The number of fused-ring (bicyclic) bond motifs is 1. The summed E-state index contributed by atoms with van der Waals surface area (Å²) in [4.78, 5) is 19.1. The van der Waals surface area contributed by atoms with E-state index < -0.39 is 16.0 Å². The van der Waals surface area contributed by atoms with E-state index >= 15 is 0 Å². The maximum atomic E-state index is 12.6. The Morgan fingerprint density at radius 1 is 1.21 bits per heavy atom. The number of H-pyrrole nitrogens is 1. The number of methoxy groups -OCH3 is 1. The van der Waals surface area contributed by atoms with Crippen LogP contribution >= 0.6 is 0 Å². The lowest BCUT2D eigenvalue weighted by Gasteiger charge is -2.11. The van der Waals surface area contributed by atoms with Gasteiger partial charge in [-0.3, -0.25) is 4.72 Å². The Bertz CT molecular complexity index is 1020. The summed E-state index contributed by atoms with van der Waals surface area (Å²) in [6.45, 7) is 1.79. The van der Waals surface area contributed by atoms with Gasteiger partial charge in [-0.15, -0.1) is 0 Å². The number of aromatic amines is 1. The average molecular weight is 345 g/mol. The van der Waals surface area contributed by atoms with E-state index in [0.717, 1.165) is 0 Å². The summed E-state index contributed by atoms with van der Waals surface area (Å²) in [5.41, 5.74) is 1.60. The molecular formula is C16H15N3O4S. The highest BCUT2D eigenvalue weighted by molar-refractivity contribution is 7.92. The van der Waals surface area contributed by atoms with Crippen LogP contribution in [0, 0.1) is 6.92 Å². The Balaban J connectivity index is 2.00. The number of ether oxygens (including phenoxy) is 1. The first-order valence-electron chi connectivity index (χ1n) is 7.07. The molecular weight excluding hydrogens is 330 g/mol. The second-order valence-electron chi connectivity index (χ2n) is 5.14. The van der Waals surface area contributed by atoms with Gasteiger partial charge in [-0.1, -0.05) is 12.1 Å². The quantitative estimate of drug-likeness (QED) is 0.707. The van der Waals surface area contributed by atoms with Crippen molar-refractivity contribution in [2.45, 2.75) is 11.8 Å². The van der Waals surface area contributed by atoms with Gasteiger partial charge in [-0.2, -0.15) is 0 Å². The van der Waals surface area contributed by atoms with Crippen molar-refractivity contribution in [3.8, 4) is 0 Å². The molecule has 2 aromatic carbocycles. The van der Waals surface area contributed by atoms with Crippen LogP contribution in [0.4, 0.5) is 5.69 Å². The number of benzene rings is 2. The lowest BCUT2D eigenvalue weighted by atomic mass is 10.2. The zero-order valence-corrected chi connectivity index (χ0v) is 13.8. The Kier molecular flexibility index (Phi) is 3.98. The predicted octanol–water partition coefficient (Wildman–Crippen LogP) is 2.46. The van der Waals surface area contributed by atoms with Gasteiger partial charge >= 0.3 is 5.97 Å². The summed E-state index contributed by atoms with van der Waals surface area (Å²) in [5, 5.41) is 0. The van der Waals surface area contributed by atoms with E-state index in [1.165, 1.54) is 31.4 Å². The first-order valence-corrected chi connectivity index (χ1v) is 8.55. The molecule has 1 aromatic heterocycles. The largest absolute Gasteiger partial charge is 0.465 e. The minimum Gasteiger partial charge on any atom is -0.465 e. The van der Waals surface area contributed by atoms with E-state index in [4.69, 9.17) is 0 Å². The van der Waals surface area contributed by atoms with E-state index in [1.807, 2.05) is 0 Å². The number of hydrogen-bond acceptors (Lipinski definition) is 5. The molecule has 8 heteroatoms. The lowest BCUT2D eigenvalue weighted by Crippen LogP contribution is -2.16. The maximum Gasteiger partial charge on any atom is 0.339 e. The third-order valence-electron chi connectivity index (χ3n) is 3.46. The fourth-order valence-electron chi connectivity index (χ4n) is 2.35. The highest BCUT2D eigenvalue weighted by Gasteiger charge is 2.19. The van der Waals surface area contributed by atoms with Crippen molar-refractivity contribution in [3.63, 3.8) is 0 Å². The summed E-state index contributed by atoms with van der Waals surface area (Å²) in [6.07, 6.45) is 0. The summed E-state index contributed by atoms with van der Waals surface area (Å²) >= 11 is 0. The second kappa shape index (κ2) is 5.97. The number of aryl methyl sites for hydroxylation is 1. The number of anilines is 1. The molecule has 0 fully saturated rings. The van der Waals surface area contributed by atoms with Crippen LogP contribution < -0.4 is 4.72 Å². The summed E-state index contributed by atoms with van der Waals surface area (Å²) < 4.78 is 32.3. The molecule has 1 heterocycles. The molecule has 0 atom stereocenters. The molecule has 0 unspecified atom stereocenters. The molecule has 0 saturated heterocycles. The molecule has 0 radical (unpaired) electrons. The molecule has 3 rings (SSSR count). The smallest absolute Gasteiger partial charge is 0.339 e. The topological polar surface area (TPSA) is 101 Å². The molecule has 24 heavy (non-hydrogen) atoms. The molecule has 0 aliphatic heterocycles. The highest BCUT2D eigenvalue weighted by atomic mass is 32.2. The van der Waals surface area contributed by atoms with E-state index in [9.17, 15) is 13.2 Å². The maximum absolute atomic E-state index is 12.6. The number of esters is 1. The molecule has 0 bridgehead atoms. The van der Waals surface area contributed by atoms with Gasteiger partial charge in [0.15, 0.2) is 0 Å². The minimum atomic E-state index is -3.87. The van der Waals surface area contributed by atoms with Gasteiger partial charge in [0.1, 0.15) is 5.82 Å². The van der Waals surface area contributed by atoms with Crippen molar-refractivity contribution in [1.82, 2.24) is 9.97 Å². The first-order chi connectivity index (χ1) is 11.4. The van der Waals surface area contributed by atoms with Crippen LogP contribution in [0.2, 0.25) is 0 Å². The Morgan fingerprint density at radius 2 is 1.96 bits per heavy atom. The van der Waals surface area contributed by atoms with E-state index in [1.54, 1.807) is 25.1 Å². The molecule has 2 N–H and O–H groups in total. The van der Waals surface area contributed by atoms with Crippen molar-refractivity contribution < 1.29 is 17.9 Å². The number of carbonyl (C=O) groups excluding carboxylic acids is 1. The number of carbonyl (C=O) groups is 1. The van der Waals surface area contributed by atoms with Crippen LogP contribution in [0.25, 0.3) is 11.0 Å². The fraction of sp³-hybridized carbons (Fsp3) is 0.125. The molecule has 0 amide bonds. The average Bonchev–Trinajstić information content (AvgIpc) is 2.93. The number of para-hydroxylation sites is 1. The van der Waals surface area contributed by atoms with Crippen LogP contribution in [0.5, 0.6) is 0 Å². The Hall–Kier alpha value is -2.87. The normalized spacial score (nSPS) is 11.4. The Labute approximate surface area is 138 Å². The molecule has 3 aromatic rings. The van der Waals surface area contributed by atoms with Gasteiger partial charge in [0.2, 0.25) is 0 Å². The number of aromatic nitrogens is 2. The third-order valence-corrected chi connectivity index (χ3v) is 4.82. The van der Waals surface area contributed by atoms with Crippen LogP contribution in [0.15, 0.2) is 47.4 Å². The lowest BCUT2D eigenvalue weighted by molar-refractivity contribution is 0.0602. The van der Waals surface area contributed by atoms with Gasteiger partial charge in [0.05, 0.1) is 34.3 Å². The molecule has 0 spiro atoms. The molecule has 0 aliphatic rings. The van der Waals surface area contributed by atoms with Crippen molar-refractivity contribution in [2.75, 3.05) is 11.8 Å². The number of nitrogens with zero attached hydrogens (tertiary/aromatic N) is 1. The molecule has 124 valence electrons. The zero-order chi connectivity index (χ0) is 17.3. The number of nitrogens with one attached hydrogen (secondary N) is 2. The SMILES string of the molecule is COC(=O)c1ccccc1NS(=O)(=O)c1ccc2nc(C)[nH]c2c1. The monoisotopic (exact) mass is 345 g/mol. The second-order valence-corrected chi connectivity index (χ2v) is 6.83. The summed E-state index contributed by atoms with van der Waals surface area (Å²) in [7, 11) is -2.63. The Morgan fingerprint density at radius 3 is 2.71 bits per heavy atom. The van der Waals surface area contributed by atoms with E-state index in [-0.39, 0.29) is 16.1 Å². The number of imidazole rings is 1. The van der Waals surface area contributed by atoms with Gasteiger partial charge < -0.3 is 9.72 Å². The van der Waals surface area contributed by atoms with Crippen LogP contribution in [0.1, 0.15) is 16.2 Å². The summed E-state index contributed by atoms with van der Waals surface area (Å²) in [5.74, 6) is 0.0801. The van der Waals surface area contributed by atoms with Gasteiger partial charge in [-0.25, -0.2) is 18.2 Å². The van der Waals surface area contributed by atoms with Crippen molar-refractivity contribution >= 4 is 32.7 Å². The number of hydrogen-bond donors (Lipinski definition) is 2. The standard InChI is InChI=1S/C16H15N3O4S/c1-10-17-14-8-7-11(9-15(14)18-10)24(21,22)19-13-6-4-3-5-12(13)16(20)23-2/h3-9,19H,1-2H3,(H,17,18). The van der Waals surface area contributed by atoms with Crippen molar-refractivity contribution in [2.24, 2.45) is 0 Å². The van der Waals surface area contributed by atoms with Crippen LogP contribution in [-0.2, 0) is 14.8 Å². The highest BCUT2D eigenvalue weighted by Crippen LogP contribution is 2.23. The predicted molar refractivity (Wildman–Crippen MR) is 89.4 cm³/mol. The first kappa shape index (κ1) is 16.0. The molecule has 7 nitrogen and oxygen atoms in total. The fourth-order valence-corrected chi connectivity index (χ4v) is 3.45. The van der Waals surface area contributed by atoms with Gasteiger partial charge in [0, 0.05) is 0 Å². The number of rotatable bonds is 4.